The molecule has 1 N–H and O–H groups in total. The number of ether oxygens (including phenoxy) is 1. The van der Waals surface area contributed by atoms with Gasteiger partial charge in [0.05, 0.1) is 11.7 Å². The van der Waals surface area contributed by atoms with E-state index >= 15 is 0 Å². The van der Waals surface area contributed by atoms with Crippen LogP contribution in [0.3, 0.4) is 0 Å². The summed E-state index contributed by atoms with van der Waals surface area (Å²) in [5.41, 5.74) is 2.96. The predicted molar refractivity (Wildman–Crippen MR) is 108 cm³/mol. The standard InChI is InChI=1S/C20H23N3O3S/c1-14-4-6-15(7-5-14)16-12-27-19-18(16)20(25)23(13-22-19)10-8-17(24)21-9-3-11-26-2/h4-7,12-13H,3,8-11H2,1-2H3,(H,21,24). The molecule has 0 aliphatic carbocycles. The summed E-state index contributed by atoms with van der Waals surface area (Å²) in [6, 6.07) is 8.09. The van der Waals surface area contributed by atoms with E-state index in [-0.39, 0.29) is 17.9 Å². The molecule has 2 heterocycles. The van der Waals surface area contributed by atoms with Crippen molar-refractivity contribution >= 4 is 27.5 Å². The first-order valence-electron chi connectivity index (χ1n) is 8.89. The molecule has 1 aromatic carbocycles. The number of methoxy groups -OCH3 is 1. The Labute approximate surface area is 161 Å². The number of hydrogen-bond acceptors (Lipinski definition) is 5. The van der Waals surface area contributed by atoms with E-state index in [4.69, 9.17) is 4.74 Å². The summed E-state index contributed by atoms with van der Waals surface area (Å²) >= 11 is 1.46. The highest BCUT2D eigenvalue weighted by Gasteiger charge is 2.13. The average Bonchev–Trinajstić information content (AvgIpc) is 3.10. The van der Waals surface area contributed by atoms with Gasteiger partial charge in [-0.3, -0.25) is 14.2 Å². The molecule has 0 fully saturated rings. The second kappa shape index (κ2) is 8.92. The van der Waals surface area contributed by atoms with Gasteiger partial charge < -0.3 is 10.1 Å². The van der Waals surface area contributed by atoms with Crippen molar-refractivity contribution in [1.82, 2.24) is 14.9 Å². The van der Waals surface area contributed by atoms with Gasteiger partial charge >= 0.3 is 0 Å². The number of hydrogen-bond donors (Lipinski definition) is 1. The first-order chi connectivity index (χ1) is 13.1. The molecule has 3 rings (SSSR count). The highest BCUT2D eigenvalue weighted by molar-refractivity contribution is 7.17. The highest BCUT2D eigenvalue weighted by atomic mass is 32.1. The quantitative estimate of drug-likeness (QED) is 0.605. The monoisotopic (exact) mass is 385 g/mol. The van der Waals surface area contributed by atoms with Crippen LogP contribution in [0.4, 0.5) is 0 Å². The number of benzene rings is 1. The molecule has 0 aliphatic heterocycles. The van der Waals surface area contributed by atoms with Gasteiger partial charge in [0.1, 0.15) is 4.83 Å². The minimum atomic E-state index is -0.107. The van der Waals surface area contributed by atoms with Crippen LogP contribution in [-0.4, -0.2) is 35.7 Å². The number of aryl methyl sites for hydroxylation is 2. The van der Waals surface area contributed by atoms with Gasteiger partial charge in [-0.2, -0.15) is 0 Å². The molecule has 27 heavy (non-hydrogen) atoms. The number of nitrogens with zero attached hydrogens (tertiary/aromatic N) is 2. The smallest absolute Gasteiger partial charge is 0.262 e. The van der Waals surface area contributed by atoms with Crippen LogP contribution in [0.5, 0.6) is 0 Å². The lowest BCUT2D eigenvalue weighted by Gasteiger charge is -2.07. The number of nitrogens with one attached hydrogen (secondary N) is 1. The fourth-order valence-corrected chi connectivity index (χ4v) is 3.73. The summed E-state index contributed by atoms with van der Waals surface area (Å²) in [5.74, 6) is -0.0813. The Morgan fingerprint density at radius 3 is 2.81 bits per heavy atom. The van der Waals surface area contributed by atoms with Crippen molar-refractivity contribution in [3.05, 3.63) is 51.9 Å². The molecule has 0 unspecified atom stereocenters. The van der Waals surface area contributed by atoms with E-state index in [1.165, 1.54) is 27.8 Å². The maximum absolute atomic E-state index is 12.9. The van der Waals surface area contributed by atoms with E-state index in [9.17, 15) is 9.59 Å². The first kappa shape index (κ1) is 19.3. The summed E-state index contributed by atoms with van der Waals surface area (Å²) in [6.45, 7) is 3.52. The van der Waals surface area contributed by atoms with Crippen molar-refractivity contribution in [2.75, 3.05) is 20.3 Å². The molecule has 0 spiro atoms. The first-order valence-corrected chi connectivity index (χ1v) is 9.77. The summed E-state index contributed by atoms with van der Waals surface area (Å²) < 4.78 is 6.47. The molecular formula is C20H23N3O3S. The molecule has 0 bridgehead atoms. The Balaban J connectivity index is 1.77. The van der Waals surface area contributed by atoms with Crippen molar-refractivity contribution in [3.8, 4) is 11.1 Å². The number of thiophene rings is 1. The SMILES string of the molecule is COCCCNC(=O)CCn1cnc2scc(-c3ccc(C)cc3)c2c1=O. The fourth-order valence-electron chi connectivity index (χ4n) is 2.83. The van der Waals surface area contributed by atoms with Gasteiger partial charge in [-0.05, 0) is 18.9 Å². The maximum atomic E-state index is 12.9. The third-order valence-corrected chi connectivity index (χ3v) is 5.24. The van der Waals surface area contributed by atoms with Crippen molar-refractivity contribution in [2.24, 2.45) is 0 Å². The molecule has 0 saturated carbocycles. The third kappa shape index (κ3) is 4.61. The molecule has 1 amide bonds. The maximum Gasteiger partial charge on any atom is 0.262 e. The van der Waals surface area contributed by atoms with E-state index in [1.54, 1.807) is 7.11 Å². The Kier molecular flexibility index (Phi) is 6.36. The average molecular weight is 385 g/mol. The molecule has 3 aromatic rings. The van der Waals surface area contributed by atoms with Gasteiger partial charge in [0.25, 0.3) is 5.56 Å². The van der Waals surface area contributed by atoms with Crippen molar-refractivity contribution in [2.45, 2.75) is 26.3 Å². The van der Waals surface area contributed by atoms with Gasteiger partial charge in [0.2, 0.25) is 5.91 Å². The third-order valence-electron chi connectivity index (χ3n) is 4.35. The van der Waals surface area contributed by atoms with Gasteiger partial charge in [0, 0.05) is 44.2 Å². The largest absolute Gasteiger partial charge is 0.385 e. The summed E-state index contributed by atoms with van der Waals surface area (Å²) in [5, 5.41) is 5.42. The normalized spacial score (nSPS) is 11.0. The summed E-state index contributed by atoms with van der Waals surface area (Å²) in [4.78, 5) is 30.0. The van der Waals surface area contributed by atoms with Crippen LogP contribution in [0.15, 0.2) is 40.8 Å². The molecule has 7 heteroatoms. The van der Waals surface area contributed by atoms with E-state index in [1.807, 2.05) is 36.6 Å². The number of carbonyl (C=O) groups is 1. The molecule has 2 aromatic heterocycles. The lowest BCUT2D eigenvalue weighted by Crippen LogP contribution is -2.28. The summed E-state index contributed by atoms with van der Waals surface area (Å²) in [7, 11) is 1.63. The van der Waals surface area contributed by atoms with Crippen LogP contribution in [0, 0.1) is 6.92 Å². The van der Waals surface area contributed by atoms with Crippen LogP contribution in [0.25, 0.3) is 21.3 Å². The predicted octanol–water partition coefficient (Wildman–Crippen LogP) is 2.98. The van der Waals surface area contributed by atoms with Gasteiger partial charge in [-0.25, -0.2) is 4.98 Å². The Morgan fingerprint density at radius 1 is 1.30 bits per heavy atom. The fraction of sp³-hybridized carbons (Fsp3) is 0.350. The molecule has 6 nitrogen and oxygen atoms in total. The van der Waals surface area contributed by atoms with Gasteiger partial charge in [-0.1, -0.05) is 29.8 Å². The molecule has 0 atom stereocenters. The Hall–Kier alpha value is -2.51. The van der Waals surface area contributed by atoms with Crippen LogP contribution < -0.4 is 10.9 Å². The second-order valence-electron chi connectivity index (χ2n) is 6.38. The zero-order valence-electron chi connectivity index (χ0n) is 15.5. The minimum absolute atomic E-state index is 0.0813. The van der Waals surface area contributed by atoms with Gasteiger partial charge in [-0.15, -0.1) is 11.3 Å². The summed E-state index contributed by atoms with van der Waals surface area (Å²) in [6.07, 6.45) is 2.53. The molecular weight excluding hydrogens is 362 g/mol. The van der Waals surface area contributed by atoms with Crippen LogP contribution in [0.2, 0.25) is 0 Å². The van der Waals surface area contributed by atoms with Crippen molar-refractivity contribution < 1.29 is 9.53 Å². The van der Waals surface area contributed by atoms with Crippen LogP contribution in [0.1, 0.15) is 18.4 Å². The number of carbonyl (C=O) groups excluding carboxylic acids is 1. The Morgan fingerprint density at radius 2 is 2.07 bits per heavy atom. The lowest BCUT2D eigenvalue weighted by atomic mass is 10.1. The molecule has 0 saturated heterocycles. The zero-order chi connectivity index (χ0) is 19.2. The molecule has 0 aliphatic rings. The van der Waals surface area contributed by atoms with Gasteiger partial charge in [0.15, 0.2) is 0 Å². The van der Waals surface area contributed by atoms with Crippen molar-refractivity contribution in [3.63, 3.8) is 0 Å². The molecule has 0 radical (unpaired) electrons. The van der Waals surface area contributed by atoms with Crippen molar-refractivity contribution in [1.29, 1.82) is 0 Å². The van der Waals surface area contributed by atoms with E-state index in [0.717, 1.165) is 22.4 Å². The van der Waals surface area contributed by atoms with E-state index in [0.29, 0.717) is 25.1 Å². The van der Waals surface area contributed by atoms with Crippen LogP contribution in [-0.2, 0) is 16.1 Å². The van der Waals surface area contributed by atoms with Crippen LogP contribution >= 0.6 is 11.3 Å². The second-order valence-corrected chi connectivity index (χ2v) is 7.24. The lowest BCUT2D eigenvalue weighted by molar-refractivity contribution is -0.121. The number of rotatable bonds is 8. The number of aromatic nitrogens is 2. The highest BCUT2D eigenvalue weighted by Crippen LogP contribution is 2.30. The topological polar surface area (TPSA) is 73.2 Å². The Bertz CT molecular complexity index is 976. The number of fused-ring (bicyclic) bond motifs is 1. The minimum Gasteiger partial charge on any atom is -0.385 e. The molecule has 142 valence electrons. The van der Waals surface area contributed by atoms with E-state index in [2.05, 4.69) is 10.3 Å². The van der Waals surface area contributed by atoms with E-state index < -0.39 is 0 Å². The zero-order valence-corrected chi connectivity index (χ0v) is 16.3. The number of amides is 1.